The predicted octanol–water partition coefficient (Wildman–Crippen LogP) is 6.04. The molecule has 1 aliphatic carbocycles. The van der Waals surface area contributed by atoms with Crippen molar-refractivity contribution >= 4 is 46.1 Å². The van der Waals surface area contributed by atoms with Crippen molar-refractivity contribution in [2.75, 3.05) is 11.2 Å². The lowest BCUT2D eigenvalue weighted by Crippen LogP contribution is -2.14. The van der Waals surface area contributed by atoms with Crippen molar-refractivity contribution in [1.82, 2.24) is 0 Å². The number of hydrogen-bond donors (Lipinski definition) is 1. The van der Waals surface area contributed by atoms with Gasteiger partial charge in [-0.15, -0.1) is 0 Å². The Morgan fingerprint density at radius 2 is 1.77 bits per heavy atom. The summed E-state index contributed by atoms with van der Waals surface area (Å²) in [5, 5.41) is 27.9. The molecule has 30 heavy (non-hydrogen) atoms. The Kier molecular flexibility index (Phi) is 7.64. The third kappa shape index (κ3) is 5.93. The van der Waals surface area contributed by atoms with E-state index in [4.69, 9.17) is 11.6 Å². The van der Waals surface area contributed by atoms with E-state index in [1.807, 2.05) is 23.9 Å². The predicted molar refractivity (Wildman–Crippen MR) is 121 cm³/mol. The number of nitro groups is 2. The van der Waals surface area contributed by atoms with Gasteiger partial charge in [-0.05, 0) is 36.6 Å². The first-order chi connectivity index (χ1) is 14.4. The Labute approximate surface area is 183 Å². The number of rotatable bonds is 8. The number of benzene rings is 2. The Balaban J connectivity index is 1.84. The summed E-state index contributed by atoms with van der Waals surface area (Å²) in [4.78, 5) is 20.9. The minimum atomic E-state index is -0.667. The van der Waals surface area contributed by atoms with Crippen molar-refractivity contribution in [3.8, 4) is 0 Å². The zero-order valence-electron chi connectivity index (χ0n) is 16.1. The molecular formula is C20H21ClN4O4S. The second-order valence-electron chi connectivity index (χ2n) is 6.96. The van der Waals surface area contributed by atoms with E-state index in [1.165, 1.54) is 44.2 Å². The average Bonchev–Trinajstić information content (AvgIpc) is 2.75. The van der Waals surface area contributed by atoms with Crippen LogP contribution in [0.2, 0.25) is 5.02 Å². The highest BCUT2D eigenvalue weighted by Gasteiger charge is 2.20. The lowest BCUT2D eigenvalue weighted by molar-refractivity contribution is -0.393. The van der Waals surface area contributed by atoms with Gasteiger partial charge < -0.3 is 0 Å². The van der Waals surface area contributed by atoms with Crippen LogP contribution in [0.4, 0.5) is 17.1 Å². The molecule has 0 heterocycles. The van der Waals surface area contributed by atoms with Crippen LogP contribution in [0.25, 0.3) is 0 Å². The number of halogens is 1. The summed E-state index contributed by atoms with van der Waals surface area (Å²) in [7, 11) is 0. The molecule has 8 nitrogen and oxygen atoms in total. The van der Waals surface area contributed by atoms with Gasteiger partial charge in [0.2, 0.25) is 0 Å². The summed E-state index contributed by atoms with van der Waals surface area (Å²) in [6.07, 6.45) is 6.11. The molecule has 0 amide bonds. The van der Waals surface area contributed by atoms with E-state index in [0.29, 0.717) is 16.0 Å². The third-order valence-corrected chi connectivity index (χ3v) is 6.52. The summed E-state index contributed by atoms with van der Waals surface area (Å²) in [5.74, 6) is 0.639. The molecule has 158 valence electrons. The SMILES string of the molecule is O=[N+]([O-])c1ccc(N/N=C(/CSC2CCCCC2)c2ccc(Cl)cc2)c([N+](=O)[O-])c1. The van der Waals surface area contributed by atoms with Gasteiger partial charge in [0.05, 0.1) is 21.6 Å². The van der Waals surface area contributed by atoms with Crippen LogP contribution in [0.5, 0.6) is 0 Å². The minimum absolute atomic E-state index is 0.0970. The van der Waals surface area contributed by atoms with Gasteiger partial charge >= 0.3 is 5.69 Å². The van der Waals surface area contributed by atoms with Gasteiger partial charge in [0.1, 0.15) is 5.69 Å². The molecule has 0 unspecified atom stereocenters. The molecular weight excluding hydrogens is 428 g/mol. The van der Waals surface area contributed by atoms with Gasteiger partial charge in [-0.3, -0.25) is 25.7 Å². The molecule has 0 bridgehead atoms. The Morgan fingerprint density at radius 1 is 1.07 bits per heavy atom. The highest BCUT2D eigenvalue weighted by Crippen LogP contribution is 2.31. The fourth-order valence-electron chi connectivity index (χ4n) is 3.26. The lowest BCUT2D eigenvalue weighted by Gasteiger charge is -2.21. The van der Waals surface area contributed by atoms with Crippen LogP contribution in [0, 0.1) is 20.2 Å². The quantitative estimate of drug-likeness (QED) is 0.299. The van der Waals surface area contributed by atoms with Crippen LogP contribution in [0.3, 0.4) is 0 Å². The maximum atomic E-state index is 11.4. The number of non-ortho nitro benzene ring substituents is 1. The van der Waals surface area contributed by atoms with E-state index < -0.39 is 15.5 Å². The maximum Gasteiger partial charge on any atom is 0.301 e. The molecule has 0 radical (unpaired) electrons. The van der Waals surface area contributed by atoms with Crippen LogP contribution < -0.4 is 5.43 Å². The molecule has 1 fully saturated rings. The van der Waals surface area contributed by atoms with Gasteiger partial charge in [-0.25, -0.2) is 0 Å². The van der Waals surface area contributed by atoms with Crippen molar-refractivity contribution in [1.29, 1.82) is 0 Å². The summed E-state index contributed by atoms with van der Waals surface area (Å²) in [6.45, 7) is 0. The van der Waals surface area contributed by atoms with E-state index in [0.717, 1.165) is 17.3 Å². The largest absolute Gasteiger partial charge is 0.301 e. The number of hydrogen-bond acceptors (Lipinski definition) is 7. The van der Waals surface area contributed by atoms with E-state index >= 15 is 0 Å². The van der Waals surface area contributed by atoms with Crippen LogP contribution in [0.15, 0.2) is 47.6 Å². The monoisotopic (exact) mass is 448 g/mol. The van der Waals surface area contributed by atoms with Gasteiger partial charge in [0.25, 0.3) is 5.69 Å². The van der Waals surface area contributed by atoms with Gasteiger partial charge in [0, 0.05) is 22.1 Å². The molecule has 0 aliphatic heterocycles. The third-order valence-electron chi connectivity index (χ3n) is 4.89. The molecule has 0 saturated heterocycles. The van der Waals surface area contributed by atoms with Crippen molar-refractivity contribution in [2.45, 2.75) is 37.4 Å². The molecule has 3 rings (SSSR count). The Morgan fingerprint density at radius 3 is 2.40 bits per heavy atom. The molecule has 2 aromatic carbocycles. The molecule has 0 spiro atoms. The molecule has 0 aromatic heterocycles. The number of nitrogens with one attached hydrogen (secondary N) is 1. The van der Waals surface area contributed by atoms with Gasteiger partial charge in [-0.2, -0.15) is 16.9 Å². The minimum Gasteiger partial charge on any atom is -0.271 e. The van der Waals surface area contributed by atoms with Crippen molar-refractivity contribution in [2.24, 2.45) is 5.10 Å². The molecule has 0 atom stereocenters. The standard InChI is InChI=1S/C20H21ClN4O4S/c21-15-8-6-14(7-9-15)19(13-30-17-4-2-1-3-5-17)23-22-18-11-10-16(24(26)27)12-20(18)25(28)29/h6-12,17,22H,1-5,13H2/b23-19-. The van der Waals surface area contributed by atoms with E-state index in [9.17, 15) is 20.2 Å². The van der Waals surface area contributed by atoms with Crippen LogP contribution >= 0.6 is 23.4 Å². The fraction of sp³-hybridized carbons (Fsp3) is 0.350. The summed E-state index contributed by atoms with van der Waals surface area (Å²) < 4.78 is 0. The van der Waals surface area contributed by atoms with Gasteiger partial charge in [0.15, 0.2) is 0 Å². The zero-order valence-corrected chi connectivity index (χ0v) is 17.7. The fourth-order valence-corrected chi connectivity index (χ4v) is 4.68. The first-order valence-corrected chi connectivity index (χ1v) is 11.0. The smallest absolute Gasteiger partial charge is 0.271 e. The van der Waals surface area contributed by atoms with Crippen LogP contribution in [0.1, 0.15) is 37.7 Å². The Hall–Kier alpha value is -2.65. The van der Waals surface area contributed by atoms with Crippen molar-refractivity contribution in [3.05, 3.63) is 73.3 Å². The number of thioether (sulfide) groups is 1. The number of nitro benzene ring substituents is 2. The normalized spacial score (nSPS) is 15.0. The maximum absolute atomic E-state index is 11.4. The van der Waals surface area contributed by atoms with Gasteiger partial charge in [-0.1, -0.05) is 43.0 Å². The highest BCUT2D eigenvalue weighted by molar-refractivity contribution is 8.00. The molecule has 1 saturated carbocycles. The average molecular weight is 449 g/mol. The number of hydrazone groups is 1. The molecule has 1 N–H and O–H groups in total. The first kappa shape index (κ1) is 22.0. The van der Waals surface area contributed by atoms with Crippen LogP contribution in [-0.2, 0) is 0 Å². The van der Waals surface area contributed by atoms with E-state index in [2.05, 4.69) is 10.5 Å². The van der Waals surface area contributed by atoms with Crippen molar-refractivity contribution in [3.63, 3.8) is 0 Å². The first-order valence-electron chi connectivity index (χ1n) is 9.57. The lowest BCUT2D eigenvalue weighted by atomic mass is 10.0. The summed E-state index contributed by atoms with van der Waals surface area (Å²) in [5.41, 5.74) is 3.68. The number of nitrogens with zero attached hydrogens (tertiary/aromatic N) is 3. The van der Waals surface area contributed by atoms with E-state index in [1.54, 1.807) is 12.1 Å². The Bertz CT molecular complexity index is 946. The molecule has 10 heteroatoms. The van der Waals surface area contributed by atoms with E-state index in [-0.39, 0.29) is 11.4 Å². The summed E-state index contributed by atoms with van der Waals surface area (Å²) in [6, 6.07) is 10.7. The second-order valence-corrected chi connectivity index (χ2v) is 8.69. The highest BCUT2D eigenvalue weighted by atomic mass is 35.5. The number of anilines is 1. The molecule has 2 aromatic rings. The van der Waals surface area contributed by atoms with Crippen LogP contribution in [-0.4, -0.2) is 26.6 Å². The topological polar surface area (TPSA) is 111 Å². The second kappa shape index (κ2) is 10.4. The van der Waals surface area contributed by atoms with Crippen molar-refractivity contribution < 1.29 is 9.85 Å². The molecule has 1 aliphatic rings. The summed E-state index contributed by atoms with van der Waals surface area (Å²) >= 11 is 7.82. The zero-order chi connectivity index (χ0) is 21.5.